The second-order valence-electron chi connectivity index (χ2n) is 4.59. The van der Waals surface area contributed by atoms with Crippen molar-refractivity contribution in [3.05, 3.63) is 63.9 Å². The lowest BCUT2D eigenvalue weighted by Gasteiger charge is -2.29. The van der Waals surface area contributed by atoms with Crippen molar-refractivity contribution in [3.63, 3.8) is 0 Å². The van der Waals surface area contributed by atoms with Crippen LogP contribution in [0.4, 0.5) is 5.69 Å². The number of nitrogens with zero attached hydrogens (tertiary/aromatic N) is 3. The Hall–Kier alpha value is -2.21. The first-order valence-corrected chi connectivity index (χ1v) is 6.86. The number of benzene rings is 1. The van der Waals surface area contributed by atoms with Gasteiger partial charge in [-0.25, -0.2) is 4.99 Å². The number of rotatable bonds is 1. The van der Waals surface area contributed by atoms with Crippen LogP contribution in [0, 0.1) is 0 Å². The summed E-state index contributed by atoms with van der Waals surface area (Å²) in [5.74, 6) is 1.25. The van der Waals surface area contributed by atoms with Gasteiger partial charge in [0.2, 0.25) is 0 Å². The molecule has 0 aromatic heterocycles. The zero-order valence-corrected chi connectivity index (χ0v) is 12.5. The molecule has 0 bridgehead atoms. The molecule has 0 spiro atoms. The lowest BCUT2D eigenvalue weighted by molar-refractivity contribution is 0.547. The van der Waals surface area contributed by atoms with E-state index < -0.39 is 0 Å². The molecule has 102 valence electrons. The summed E-state index contributed by atoms with van der Waals surface area (Å²) < 4.78 is 0.987. The highest BCUT2D eigenvalue weighted by Crippen LogP contribution is 2.30. The van der Waals surface area contributed by atoms with Gasteiger partial charge in [-0.2, -0.15) is 0 Å². The third-order valence-electron chi connectivity index (χ3n) is 3.23. The second-order valence-corrected chi connectivity index (χ2v) is 5.50. The predicted molar refractivity (Wildman–Crippen MR) is 84.4 cm³/mol. The van der Waals surface area contributed by atoms with Crippen molar-refractivity contribution in [1.82, 2.24) is 4.90 Å². The maximum absolute atomic E-state index is 6.26. The molecule has 2 heterocycles. The SMILES string of the molecule is CN1C=C2N=CN(c3cccc(Br)c3)C(N)=C2C=C1N. The van der Waals surface area contributed by atoms with Crippen LogP contribution in [-0.4, -0.2) is 18.3 Å². The zero-order chi connectivity index (χ0) is 14.3. The number of allylic oxidation sites excluding steroid dienone is 1. The number of anilines is 1. The summed E-state index contributed by atoms with van der Waals surface area (Å²) in [5.41, 5.74) is 14.8. The van der Waals surface area contributed by atoms with Crippen LogP contribution < -0.4 is 16.4 Å². The molecule has 20 heavy (non-hydrogen) atoms. The Balaban J connectivity index is 2.06. The molecule has 0 radical (unpaired) electrons. The molecule has 0 saturated carbocycles. The van der Waals surface area contributed by atoms with Gasteiger partial charge >= 0.3 is 0 Å². The summed E-state index contributed by atoms with van der Waals surface area (Å²) in [4.78, 5) is 8.10. The van der Waals surface area contributed by atoms with E-state index in [0.29, 0.717) is 11.6 Å². The third kappa shape index (κ3) is 2.08. The fourth-order valence-corrected chi connectivity index (χ4v) is 2.49. The van der Waals surface area contributed by atoms with E-state index in [2.05, 4.69) is 20.9 Å². The summed E-state index contributed by atoms with van der Waals surface area (Å²) in [6, 6.07) is 7.87. The van der Waals surface area contributed by atoms with Gasteiger partial charge in [-0.15, -0.1) is 0 Å². The standard InChI is InChI=1S/C14H14BrN5/c1-19-7-12-11(6-13(19)16)14(17)20(8-18-12)10-4-2-3-9(15)5-10/h2-8H,16-17H2,1H3. The normalized spacial score (nSPS) is 17.9. The van der Waals surface area contributed by atoms with Gasteiger partial charge in [0.25, 0.3) is 0 Å². The molecular formula is C14H14BrN5. The lowest BCUT2D eigenvalue weighted by atomic mass is 10.1. The van der Waals surface area contributed by atoms with Gasteiger partial charge in [-0.1, -0.05) is 22.0 Å². The molecule has 0 amide bonds. The Kier molecular flexibility index (Phi) is 3.02. The molecule has 5 nitrogen and oxygen atoms in total. The minimum Gasteiger partial charge on any atom is -0.385 e. The molecule has 2 aliphatic rings. The van der Waals surface area contributed by atoms with Gasteiger partial charge in [-0.3, -0.25) is 4.90 Å². The molecule has 1 aromatic rings. The summed E-state index contributed by atoms with van der Waals surface area (Å²) in [7, 11) is 1.88. The molecular weight excluding hydrogens is 318 g/mol. The second kappa shape index (κ2) is 4.72. The van der Waals surface area contributed by atoms with E-state index in [1.165, 1.54) is 0 Å². The summed E-state index contributed by atoms with van der Waals surface area (Å²) >= 11 is 3.46. The van der Waals surface area contributed by atoms with Gasteiger partial charge in [-0.05, 0) is 24.3 Å². The van der Waals surface area contributed by atoms with E-state index in [1.54, 1.807) is 6.34 Å². The lowest BCUT2D eigenvalue weighted by Crippen LogP contribution is -2.33. The monoisotopic (exact) mass is 331 g/mol. The smallest absolute Gasteiger partial charge is 0.118 e. The van der Waals surface area contributed by atoms with Crippen LogP contribution in [0.25, 0.3) is 0 Å². The average Bonchev–Trinajstić information content (AvgIpc) is 2.41. The van der Waals surface area contributed by atoms with Crippen molar-refractivity contribution in [2.24, 2.45) is 16.5 Å². The van der Waals surface area contributed by atoms with E-state index in [4.69, 9.17) is 11.5 Å². The first kappa shape index (κ1) is 12.8. The zero-order valence-electron chi connectivity index (χ0n) is 10.9. The van der Waals surface area contributed by atoms with Crippen LogP contribution in [0.3, 0.4) is 0 Å². The topological polar surface area (TPSA) is 70.9 Å². The quantitative estimate of drug-likeness (QED) is 0.826. The summed E-state index contributed by atoms with van der Waals surface area (Å²) in [6.45, 7) is 0. The third-order valence-corrected chi connectivity index (χ3v) is 3.72. The Bertz CT molecular complexity index is 687. The predicted octanol–water partition coefficient (Wildman–Crippen LogP) is 2.05. The van der Waals surface area contributed by atoms with E-state index in [0.717, 1.165) is 21.4 Å². The highest BCUT2D eigenvalue weighted by molar-refractivity contribution is 9.10. The number of hydrogen-bond donors (Lipinski definition) is 2. The first-order chi connectivity index (χ1) is 9.56. The van der Waals surface area contributed by atoms with E-state index in [9.17, 15) is 0 Å². The number of halogens is 1. The molecule has 0 fully saturated rings. The highest BCUT2D eigenvalue weighted by atomic mass is 79.9. The fourth-order valence-electron chi connectivity index (χ4n) is 2.10. The van der Waals surface area contributed by atoms with Crippen LogP contribution in [0.1, 0.15) is 0 Å². The van der Waals surface area contributed by atoms with Crippen molar-refractivity contribution in [3.8, 4) is 0 Å². The number of aliphatic imine (C=N–C) groups is 1. The van der Waals surface area contributed by atoms with Crippen molar-refractivity contribution >= 4 is 28.0 Å². The van der Waals surface area contributed by atoms with Crippen molar-refractivity contribution < 1.29 is 0 Å². The number of hydrogen-bond acceptors (Lipinski definition) is 5. The minimum atomic E-state index is 0.611. The number of fused-ring (bicyclic) bond motifs is 1. The molecule has 3 rings (SSSR count). The van der Waals surface area contributed by atoms with E-state index in [-0.39, 0.29) is 0 Å². The largest absolute Gasteiger partial charge is 0.385 e. The Morgan fingerprint density at radius 3 is 2.80 bits per heavy atom. The van der Waals surface area contributed by atoms with Gasteiger partial charge in [0, 0.05) is 29.0 Å². The van der Waals surface area contributed by atoms with Crippen LogP contribution in [-0.2, 0) is 0 Å². The molecule has 0 saturated heterocycles. The van der Waals surface area contributed by atoms with Crippen molar-refractivity contribution in [2.75, 3.05) is 11.9 Å². The molecule has 6 heteroatoms. The van der Waals surface area contributed by atoms with E-state index in [1.807, 2.05) is 53.4 Å². The van der Waals surface area contributed by atoms with Gasteiger partial charge < -0.3 is 16.4 Å². The van der Waals surface area contributed by atoms with Gasteiger partial charge in [0.05, 0.1) is 5.70 Å². The van der Waals surface area contributed by atoms with Gasteiger partial charge in [0.1, 0.15) is 18.0 Å². The molecule has 0 aliphatic carbocycles. The van der Waals surface area contributed by atoms with Crippen LogP contribution in [0.15, 0.2) is 68.9 Å². The average molecular weight is 332 g/mol. The Morgan fingerprint density at radius 2 is 2.05 bits per heavy atom. The van der Waals surface area contributed by atoms with E-state index >= 15 is 0 Å². The maximum atomic E-state index is 6.26. The highest BCUT2D eigenvalue weighted by Gasteiger charge is 2.22. The molecule has 4 N–H and O–H groups in total. The molecule has 0 atom stereocenters. The fraction of sp³-hybridized carbons (Fsp3) is 0.0714. The van der Waals surface area contributed by atoms with Crippen molar-refractivity contribution in [2.45, 2.75) is 0 Å². The van der Waals surface area contributed by atoms with Gasteiger partial charge in [0.15, 0.2) is 0 Å². The summed E-state index contributed by atoms with van der Waals surface area (Å²) in [6.07, 6.45) is 5.42. The minimum absolute atomic E-state index is 0.611. The van der Waals surface area contributed by atoms with Crippen molar-refractivity contribution in [1.29, 1.82) is 0 Å². The molecule has 0 unspecified atom stereocenters. The molecule has 1 aromatic carbocycles. The van der Waals surface area contributed by atoms with Crippen LogP contribution in [0.2, 0.25) is 0 Å². The van der Waals surface area contributed by atoms with Crippen LogP contribution in [0.5, 0.6) is 0 Å². The van der Waals surface area contributed by atoms with Crippen LogP contribution >= 0.6 is 15.9 Å². The maximum Gasteiger partial charge on any atom is 0.118 e. The molecule has 2 aliphatic heterocycles. The first-order valence-electron chi connectivity index (χ1n) is 6.07. The number of nitrogens with two attached hydrogens (primary N) is 2. The Labute approximate surface area is 125 Å². The Morgan fingerprint density at radius 1 is 1.25 bits per heavy atom. The summed E-state index contributed by atoms with van der Waals surface area (Å²) in [5, 5.41) is 0.